The summed E-state index contributed by atoms with van der Waals surface area (Å²) in [6, 6.07) is 6.02. The van der Waals surface area contributed by atoms with E-state index in [1.165, 1.54) is 0 Å². The fourth-order valence-electron chi connectivity index (χ4n) is 2.86. The molecule has 2 aliphatic rings. The first-order chi connectivity index (χ1) is 9.56. The average molecular weight is 274 g/mol. The molecule has 0 radical (unpaired) electrons. The molecule has 0 unspecified atom stereocenters. The number of anilines is 1. The average Bonchev–Trinajstić information content (AvgIpc) is 2.73. The van der Waals surface area contributed by atoms with Crippen LogP contribution in [0, 0.1) is 6.92 Å². The molecule has 1 aromatic rings. The van der Waals surface area contributed by atoms with Crippen molar-refractivity contribution in [2.24, 2.45) is 0 Å². The van der Waals surface area contributed by atoms with Crippen molar-refractivity contribution in [3.8, 4) is 0 Å². The first kappa shape index (κ1) is 13.0. The Hall–Kier alpha value is -2.04. The first-order valence-electron chi connectivity index (χ1n) is 6.87. The van der Waals surface area contributed by atoms with Crippen LogP contribution in [0.2, 0.25) is 0 Å². The van der Waals surface area contributed by atoms with E-state index in [1.54, 1.807) is 11.8 Å². The van der Waals surface area contributed by atoms with Crippen LogP contribution >= 0.6 is 0 Å². The summed E-state index contributed by atoms with van der Waals surface area (Å²) in [5, 5.41) is 0. The minimum Gasteiger partial charge on any atom is -0.447 e. The largest absolute Gasteiger partial charge is 0.447 e. The number of fused-ring (bicyclic) bond motifs is 3. The van der Waals surface area contributed by atoms with Gasteiger partial charge in [-0.15, -0.1) is 0 Å². The third kappa shape index (κ3) is 2.13. The lowest BCUT2D eigenvalue weighted by molar-refractivity contribution is -0.129. The fraction of sp³-hybridized carbons (Fsp3) is 0.467. The molecule has 0 aromatic heterocycles. The zero-order valence-corrected chi connectivity index (χ0v) is 11.8. The number of rotatable bonds is 0. The zero-order valence-electron chi connectivity index (χ0n) is 11.8. The van der Waals surface area contributed by atoms with E-state index in [0.717, 1.165) is 23.2 Å². The molecule has 1 atom stereocenters. The van der Waals surface area contributed by atoms with Crippen LogP contribution in [-0.2, 0) is 16.1 Å². The van der Waals surface area contributed by atoms with E-state index in [-0.39, 0.29) is 18.0 Å². The molecule has 106 valence electrons. The Morgan fingerprint density at radius 1 is 1.40 bits per heavy atom. The Morgan fingerprint density at radius 3 is 2.95 bits per heavy atom. The summed E-state index contributed by atoms with van der Waals surface area (Å²) in [6.07, 6.45) is 0.469. The maximum absolute atomic E-state index is 12.0. The Balaban J connectivity index is 2.07. The number of cyclic esters (lactones) is 1. The first-order valence-corrected chi connectivity index (χ1v) is 6.87. The maximum atomic E-state index is 12.0. The van der Waals surface area contributed by atoms with Crippen molar-refractivity contribution in [1.82, 2.24) is 4.90 Å². The van der Waals surface area contributed by atoms with Crippen molar-refractivity contribution < 1.29 is 14.3 Å². The van der Waals surface area contributed by atoms with Gasteiger partial charge in [0.15, 0.2) is 0 Å². The number of nitrogens with zero attached hydrogens (tertiary/aromatic N) is 2. The summed E-state index contributed by atoms with van der Waals surface area (Å²) < 4.78 is 5.19. The topological polar surface area (TPSA) is 49.9 Å². The van der Waals surface area contributed by atoms with Crippen LogP contribution < -0.4 is 4.90 Å². The molecule has 3 rings (SSSR count). The maximum Gasteiger partial charge on any atom is 0.414 e. The third-order valence-electron chi connectivity index (χ3n) is 4.00. The van der Waals surface area contributed by atoms with Crippen LogP contribution in [0.5, 0.6) is 0 Å². The molecular formula is C15H18N2O3. The standard InChI is InChI=1S/C15H18N2O3/c1-10-3-4-12-8-16(11(2)18)6-5-13-9-20-15(19)17(13)14(12)7-10/h3-4,7,13H,5-6,8-9H2,1-2H3/t13-/m0/s1. The van der Waals surface area contributed by atoms with Gasteiger partial charge in [0.2, 0.25) is 5.91 Å². The minimum atomic E-state index is -0.280. The van der Waals surface area contributed by atoms with Crippen molar-refractivity contribution in [2.45, 2.75) is 32.9 Å². The smallest absolute Gasteiger partial charge is 0.414 e. The molecule has 0 aliphatic carbocycles. The number of carbonyl (C=O) groups excluding carboxylic acids is 2. The Kier molecular flexibility index (Phi) is 3.12. The molecule has 5 nitrogen and oxygen atoms in total. The minimum absolute atomic E-state index is 0.0187. The van der Waals surface area contributed by atoms with Crippen molar-refractivity contribution in [3.05, 3.63) is 29.3 Å². The van der Waals surface area contributed by atoms with Crippen molar-refractivity contribution in [2.75, 3.05) is 18.1 Å². The molecule has 0 bridgehead atoms. The molecule has 1 saturated heterocycles. The highest BCUT2D eigenvalue weighted by Crippen LogP contribution is 2.32. The number of ether oxygens (including phenoxy) is 1. The van der Waals surface area contributed by atoms with E-state index < -0.39 is 0 Å². The number of hydrogen-bond donors (Lipinski definition) is 0. The lowest BCUT2D eigenvalue weighted by Gasteiger charge is -2.32. The monoisotopic (exact) mass is 274 g/mol. The van der Waals surface area contributed by atoms with Gasteiger partial charge in [-0.05, 0) is 30.5 Å². The van der Waals surface area contributed by atoms with Gasteiger partial charge in [-0.3, -0.25) is 9.69 Å². The summed E-state index contributed by atoms with van der Waals surface area (Å²) in [4.78, 5) is 27.3. The normalized spacial score (nSPS) is 21.7. The molecule has 0 saturated carbocycles. The number of hydrogen-bond acceptors (Lipinski definition) is 3. The summed E-state index contributed by atoms with van der Waals surface area (Å²) in [6.45, 7) is 5.18. The third-order valence-corrected chi connectivity index (χ3v) is 4.00. The molecular weight excluding hydrogens is 256 g/mol. The van der Waals surface area contributed by atoms with Crippen LogP contribution in [-0.4, -0.2) is 36.1 Å². The predicted octanol–water partition coefficient (Wildman–Crippen LogP) is 2.07. The van der Waals surface area contributed by atoms with Crippen molar-refractivity contribution in [3.63, 3.8) is 0 Å². The van der Waals surface area contributed by atoms with Crippen molar-refractivity contribution in [1.29, 1.82) is 0 Å². The van der Waals surface area contributed by atoms with E-state index in [1.807, 2.05) is 30.0 Å². The summed E-state index contributed by atoms with van der Waals surface area (Å²) in [5.41, 5.74) is 2.97. The van der Waals surface area contributed by atoms with Crippen LogP contribution in [0.4, 0.5) is 10.5 Å². The highest BCUT2D eigenvalue weighted by Gasteiger charge is 2.37. The lowest BCUT2D eigenvalue weighted by Crippen LogP contribution is -2.41. The van der Waals surface area contributed by atoms with Gasteiger partial charge >= 0.3 is 6.09 Å². The van der Waals surface area contributed by atoms with Crippen LogP contribution in [0.3, 0.4) is 0 Å². The molecule has 0 spiro atoms. The van der Waals surface area contributed by atoms with Gasteiger partial charge in [0.1, 0.15) is 6.61 Å². The van der Waals surface area contributed by atoms with E-state index in [4.69, 9.17) is 4.74 Å². The van der Waals surface area contributed by atoms with Crippen LogP contribution in [0.15, 0.2) is 18.2 Å². The van der Waals surface area contributed by atoms with Gasteiger partial charge in [-0.2, -0.15) is 0 Å². The quantitative estimate of drug-likeness (QED) is 0.727. The molecule has 2 aliphatic heterocycles. The second kappa shape index (κ2) is 4.81. The Labute approximate surface area is 118 Å². The van der Waals surface area contributed by atoms with Crippen molar-refractivity contribution >= 4 is 17.7 Å². The second-order valence-electron chi connectivity index (χ2n) is 5.46. The Morgan fingerprint density at radius 2 is 2.20 bits per heavy atom. The zero-order chi connectivity index (χ0) is 14.3. The van der Waals surface area contributed by atoms with Crippen LogP contribution in [0.25, 0.3) is 0 Å². The van der Waals surface area contributed by atoms with E-state index in [0.29, 0.717) is 19.7 Å². The number of aryl methyl sites for hydroxylation is 1. The fourth-order valence-corrected chi connectivity index (χ4v) is 2.86. The molecule has 2 heterocycles. The number of benzene rings is 1. The lowest BCUT2D eigenvalue weighted by atomic mass is 10.0. The van der Waals surface area contributed by atoms with Gasteiger partial charge in [0.25, 0.3) is 0 Å². The summed E-state index contributed by atoms with van der Waals surface area (Å²) in [5.74, 6) is 0.0650. The second-order valence-corrected chi connectivity index (χ2v) is 5.46. The predicted molar refractivity (Wildman–Crippen MR) is 74.5 cm³/mol. The van der Waals surface area contributed by atoms with E-state index in [2.05, 4.69) is 0 Å². The van der Waals surface area contributed by atoms with Gasteiger partial charge in [-0.1, -0.05) is 12.1 Å². The van der Waals surface area contributed by atoms with Gasteiger partial charge in [0.05, 0.1) is 11.7 Å². The number of amides is 2. The Bertz CT molecular complexity index is 570. The van der Waals surface area contributed by atoms with E-state index in [9.17, 15) is 9.59 Å². The molecule has 1 fully saturated rings. The van der Waals surface area contributed by atoms with Crippen LogP contribution in [0.1, 0.15) is 24.5 Å². The molecule has 1 aromatic carbocycles. The molecule has 2 amide bonds. The summed E-state index contributed by atoms with van der Waals surface area (Å²) >= 11 is 0. The number of carbonyl (C=O) groups is 2. The SMILES string of the molecule is CC(=O)N1CC[C@H]2COC(=O)N2c2cc(C)ccc2C1. The van der Waals surface area contributed by atoms with Gasteiger partial charge < -0.3 is 9.64 Å². The highest BCUT2D eigenvalue weighted by molar-refractivity contribution is 5.91. The molecule has 20 heavy (non-hydrogen) atoms. The van der Waals surface area contributed by atoms with E-state index >= 15 is 0 Å². The molecule has 5 heteroatoms. The van der Waals surface area contributed by atoms with Gasteiger partial charge in [-0.25, -0.2) is 4.79 Å². The summed E-state index contributed by atoms with van der Waals surface area (Å²) in [7, 11) is 0. The highest BCUT2D eigenvalue weighted by atomic mass is 16.6. The molecule has 0 N–H and O–H groups in total. The van der Waals surface area contributed by atoms with Gasteiger partial charge in [0, 0.05) is 20.0 Å².